The zero-order valence-electron chi connectivity index (χ0n) is 20.6. The number of sulfone groups is 1. The minimum Gasteiger partial charge on any atom is -0.487 e. The average molecular weight is 572 g/mol. The summed E-state index contributed by atoms with van der Waals surface area (Å²) in [5.74, 6) is -1.49. The van der Waals surface area contributed by atoms with E-state index in [2.05, 4.69) is 25.9 Å². The molecule has 0 saturated carbocycles. The number of benzene rings is 3. The molecule has 0 bridgehead atoms. The summed E-state index contributed by atoms with van der Waals surface area (Å²) >= 11 is 6.40. The van der Waals surface area contributed by atoms with Gasteiger partial charge in [0.1, 0.15) is 36.1 Å². The Kier molecular flexibility index (Phi) is 8.57. The predicted molar refractivity (Wildman–Crippen MR) is 146 cm³/mol. The molecule has 10 nitrogen and oxygen atoms in total. The van der Waals surface area contributed by atoms with Crippen LogP contribution < -0.4 is 20.7 Å². The molecule has 0 fully saturated rings. The molecule has 4 aromatic rings. The van der Waals surface area contributed by atoms with Crippen molar-refractivity contribution in [3.63, 3.8) is 0 Å². The van der Waals surface area contributed by atoms with Crippen LogP contribution in [0.1, 0.15) is 5.56 Å². The molecule has 0 spiro atoms. The van der Waals surface area contributed by atoms with Gasteiger partial charge in [0.15, 0.2) is 9.84 Å². The number of ether oxygens (including phenoxy) is 1. The van der Waals surface area contributed by atoms with Crippen molar-refractivity contribution in [1.29, 1.82) is 0 Å². The largest absolute Gasteiger partial charge is 0.487 e. The fourth-order valence-electron chi connectivity index (χ4n) is 3.53. The molecule has 1 heterocycles. The number of nitrogens with zero attached hydrogens (tertiary/aromatic N) is 2. The van der Waals surface area contributed by atoms with Gasteiger partial charge in [-0.25, -0.2) is 22.8 Å². The van der Waals surface area contributed by atoms with E-state index in [0.717, 1.165) is 6.26 Å². The number of rotatable bonds is 10. The Morgan fingerprint density at radius 2 is 1.79 bits per heavy atom. The monoisotopic (exact) mass is 571 g/mol. The second-order valence-electron chi connectivity index (χ2n) is 8.54. The lowest BCUT2D eigenvalue weighted by atomic mass is 10.2. The number of fused-ring (bicyclic) bond motifs is 1. The van der Waals surface area contributed by atoms with Gasteiger partial charge in [-0.3, -0.25) is 9.59 Å². The Bertz CT molecular complexity index is 1650. The smallest absolute Gasteiger partial charge is 0.243 e. The lowest BCUT2D eigenvalue weighted by Crippen LogP contribution is -2.36. The number of aromatic nitrogens is 2. The first-order chi connectivity index (χ1) is 18.6. The highest BCUT2D eigenvalue weighted by atomic mass is 35.5. The van der Waals surface area contributed by atoms with Gasteiger partial charge in [0.25, 0.3) is 0 Å². The highest BCUT2D eigenvalue weighted by Gasteiger charge is 2.13. The standard InChI is InChI=1S/C26H23ClFN5O5S/c1-39(36,37)14-25(35)29-12-24(34)32-18-5-7-22-20(10-18)26(31-15-30-22)33-19-6-8-23(21(27)11-19)38-13-16-3-2-4-17(28)9-16/h2-11,15H,12-14H2,1H3,(H,29,35)(H,32,34)(H,30,31,33). The van der Waals surface area contributed by atoms with Crippen molar-refractivity contribution in [2.75, 3.05) is 29.2 Å². The summed E-state index contributed by atoms with van der Waals surface area (Å²) < 4.78 is 41.5. The molecule has 0 unspecified atom stereocenters. The summed E-state index contributed by atoms with van der Waals surface area (Å²) in [6.07, 6.45) is 2.32. The van der Waals surface area contributed by atoms with E-state index in [0.29, 0.717) is 44.4 Å². The van der Waals surface area contributed by atoms with Crippen LogP contribution in [-0.2, 0) is 26.0 Å². The highest BCUT2D eigenvalue weighted by Crippen LogP contribution is 2.31. The van der Waals surface area contributed by atoms with Gasteiger partial charge in [0, 0.05) is 23.0 Å². The maximum absolute atomic E-state index is 13.4. The number of hydrogen-bond donors (Lipinski definition) is 3. The topological polar surface area (TPSA) is 139 Å². The summed E-state index contributed by atoms with van der Waals surface area (Å²) in [4.78, 5) is 32.4. The zero-order chi connectivity index (χ0) is 28.0. The van der Waals surface area contributed by atoms with E-state index >= 15 is 0 Å². The minimum atomic E-state index is -3.50. The summed E-state index contributed by atoms with van der Waals surface area (Å²) in [6, 6.07) is 16.2. The van der Waals surface area contributed by atoms with Crippen LogP contribution in [-0.4, -0.2) is 48.8 Å². The molecule has 2 amide bonds. The molecular weight excluding hydrogens is 549 g/mol. The Balaban J connectivity index is 1.43. The Hall–Kier alpha value is -4.29. The van der Waals surface area contributed by atoms with Gasteiger partial charge >= 0.3 is 0 Å². The van der Waals surface area contributed by atoms with Crippen LogP contribution in [0, 0.1) is 5.82 Å². The maximum atomic E-state index is 13.4. The van der Waals surface area contributed by atoms with Gasteiger partial charge in [-0.2, -0.15) is 0 Å². The van der Waals surface area contributed by atoms with Crippen molar-refractivity contribution in [3.05, 3.63) is 83.4 Å². The minimum absolute atomic E-state index is 0.149. The van der Waals surface area contributed by atoms with Gasteiger partial charge in [-0.05, 0) is 54.1 Å². The predicted octanol–water partition coefficient (Wildman–Crippen LogP) is 3.84. The second-order valence-corrected chi connectivity index (χ2v) is 11.1. The van der Waals surface area contributed by atoms with Crippen molar-refractivity contribution in [3.8, 4) is 5.75 Å². The van der Waals surface area contributed by atoms with Crippen LogP contribution >= 0.6 is 11.6 Å². The van der Waals surface area contributed by atoms with E-state index in [-0.39, 0.29) is 12.4 Å². The zero-order valence-corrected chi connectivity index (χ0v) is 22.1. The quantitative estimate of drug-likeness (QED) is 0.261. The van der Waals surface area contributed by atoms with Crippen molar-refractivity contribution >= 4 is 61.3 Å². The van der Waals surface area contributed by atoms with Gasteiger partial charge in [0.05, 0.1) is 17.1 Å². The molecule has 0 aliphatic heterocycles. The van der Waals surface area contributed by atoms with Gasteiger partial charge in [0.2, 0.25) is 11.8 Å². The molecule has 1 aromatic heterocycles. The number of carbonyl (C=O) groups is 2. The van der Waals surface area contributed by atoms with Crippen LogP contribution in [0.5, 0.6) is 5.75 Å². The lowest BCUT2D eigenvalue weighted by Gasteiger charge is -2.13. The molecule has 0 aliphatic carbocycles. The first-order valence-corrected chi connectivity index (χ1v) is 13.9. The first kappa shape index (κ1) is 27.7. The molecule has 3 N–H and O–H groups in total. The lowest BCUT2D eigenvalue weighted by molar-refractivity contribution is -0.122. The number of amides is 2. The van der Waals surface area contributed by atoms with Gasteiger partial charge < -0.3 is 20.7 Å². The second kappa shape index (κ2) is 12.0. The third kappa shape index (κ3) is 8.09. The number of carbonyl (C=O) groups excluding carboxylic acids is 2. The molecule has 0 radical (unpaired) electrons. The summed E-state index contributed by atoms with van der Waals surface area (Å²) in [5.41, 5.74) is 2.30. The van der Waals surface area contributed by atoms with Crippen LogP contribution in [0.4, 0.5) is 21.6 Å². The average Bonchev–Trinajstić information content (AvgIpc) is 2.86. The van der Waals surface area contributed by atoms with Gasteiger partial charge in [-0.1, -0.05) is 23.7 Å². The van der Waals surface area contributed by atoms with E-state index in [9.17, 15) is 22.4 Å². The third-order valence-electron chi connectivity index (χ3n) is 5.24. The van der Waals surface area contributed by atoms with Crippen molar-refractivity contribution in [1.82, 2.24) is 15.3 Å². The highest BCUT2D eigenvalue weighted by molar-refractivity contribution is 7.91. The molecule has 0 aliphatic rings. The number of halogens is 2. The molecule has 39 heavy (non-hydrogen) atoms. The van der Waals surface area contributed by atoms with Crippen LogP contribution in [0.15, 0.2) is 67.0 Å². The van der Waals surface area contributed by atoms with E-state index < -0.39 is 33.9 Å². The number of anilines is 3. The van der Waals surface area contributed by atoms with Crippen LogP contribution in [0.2, 0.25) is 5.02 Å². The van der Waals surface area contributed by atoms with Crippen molar-refractivity contribution < 1.29 is 27.1 Å². The molecule has 0 saturated heterocycles. The van der Waals surface area contributed by atoms with Gasteiger partial charge in [-0.15, -0.1) is 0 Å². The molecule has 3 aromatic carbocycles. The summed E-state index contributed by atoms with van der Waals surface area (Å²) in [5, 5.41) is 9.01. The molecule has 4 rings (SSSR count). The third-order valence-corrected chi connectivity index (χ3v) is 6.32. The fourth-order valence-corrected chi connectivity index (χ4v) is 4.34. The fraction of sp³-hybridized carbons (Fsp3) is 0.154. The number of nitrogens with one attached hydrogen (secondary N) is 3. The van der Waals surface area contributed by atoms with E-state index in [1.807, 2.05) is 0 Å². The molecular formula is C26H23ClFN5O5S. The van der Waals surface area contributed by atoms with E-state index in [1.165, 1.54) is 18.5 Å². The summed E-state index contributed by atoms with van der Waals surface area (Å²) in [6.45, 7) is -0.244. The number of hydrogen-bond acceptors (Lipinski definition) is 8. The Morgan fingerprint density at radius 1 is 1.00 bits per heavy atom. The summed E-state index contributed by atoms with van der Waals surface area (Å²) in [7, 11) is -3.50. The SMILES string of the molecule is CS(=O)(=O)CC(=O)NCC(=O)Nc1ccc2ncnc(Nc3ccc(OCc4cccc(F)c4)c(Cl)c3)c2c1. The Morgan fingerprint density at radius 3 is 2.54 bits per heavy atom. The molecule has 202 valence electrons. The maximum Gasteiger partial charge on any atom is 0.243 e. The molecule has 13 heteroatoms. The normalized spacial score (nSPS) is 11.2. The first-order valence-electron chi connectivity index (χ1n) is 11.5. The van der Waals surface area contributed by atoms with E-state index in [4.69, 9.17) is 16.3 Å². The van der Waals surface area contributed by atoms with Crippen LogP contribution in [0.25, 0.3) is 10.9 Å². The van der Waals surface area contributed by atoms with Crippen LogP contribution in [0.3, 0.4) is 0 Å². The Labute approximate surface area is 228 Å². The van der Waals surface area contributed by atoms with E-state index in [1.54, 1.807) is 48.5 Å². The van der Waals surface area contributed by atoms with Crippen molar-refractivity contribution in [2.45, 2.75) is 6.61 Å². The van der Waals surface area contributed by atoms with Crippen molar-refractivity contribution in [2.24, 2.45) is 0 Å². The molecule has 0 atom stereocenters.